The third-order valence-corrected chi connectivity index (χ3v) is 3.22. The zero-order chi connectivity index (χ0) is 20.7. The molecule has 11 nitrogen and oxygen atoms in total. The highest BCUT2D eigenvalue weighted by atomic mass is 15.3. The number of hydrogen-bond acceptors (Lipinski definition) is 11. The van der Waals surface area contributed by atoms with Crippen LogP contribution in [0.15, 0.2) is 92.3 Å². The first-order valence-corrected chi connectivity index (χ1v) is 8.60. The lowest BCUT2D eigenvalue weighted by molar-refractivity contribution is 0.863. The molecule has 5 aromatic heterocycles. The van der Waals surface area contributed by atoms with Crippen molar-refractivity contribution in [2.75, 3.05) is 0 Å². The molecule has 11 heteroatoms. The van der Waals surface area contributed by atoms with Crippen molar-refractivity contribution in [1.29, 1.82) is 0 Å². The van der Waals surface area contributed by atoms with Gasteiger partial charge in [0, 0.05) is 43.4 Å². The van der Waals surface area contributed by atoms with Gasteiger partial charge in [0.05, 0.1) is 17.5 Å². The molecule has 5 aromatic rings. The predicted molar refractivity (Wildman–Crippen MR) is 106 cm³/mol. The molecule has 146 valence electrons. The van der Waals surface area contributed by atoms with Crippen molar-refractivity contribution in [1.82, 2.24) is 55.7 Å². The SMILES string of the molecule is c1ccnnc1.c1cnc(-c2nnncc2-c2cccnn2)nc1.c1cncnc1. The van der Waals surface area contributed by atoms with Crippen LogP contribution in [-0.2, 0) is 0 Å². The summed E-state index contributed by atoms with van der Waals surface area (Å²) in [5, 5.41) is 26.3. The molecule has 0 saturated heterocycles. The second kappa shape index (κ2) is 11.9. The van der Waals surface area contributed by atoms with Gasteiger partial charge in [0.2, 0.25) is 0 Å². The lowest BCUT2D eigenvalue weighted by Gasteiger charge is -2.03. The van der Waals surface area contributed by atoms with E-state index in [1.165, 1.54) is 6.33 Å². The summed E-state index contributed by atoms with van der Waals surface area (Å²) >= 11 is 0. The van der Waals surface area contributed by atoms with E-state index >= 15 is 0 Å². The molecule has 0 aliphatic carbocycles. The van der Waals surface area contributed by atoms with Crippen molar-refractivity contribution in [2.45, 2.75) is 0 Å². The third-order valence-electron chi connectivity index (χ3n) is 3.22. The van der Waals surface area contributed by atoms with Gasteiger partial charge in [-0.2, -0.15) is 20.4 Å². The first-order chi connectivity index (χ1) is 14.9. The topological polar surface area (TPSA) is 142 Å². The average Bonchev–Trinajstić information content (AvgIpc) is 2.88. The second-order valence-electron chi connectivity index (χ2n) is 5.20. The molecule has 0 atom stereocenters. The minimum Gasteiger partial charge on any atom is -0.245 e. The number of hydrogen-bond donors (Lipinski definition) is 0. The highest BCUT2D eigenvalue weighted by Crippen LogP contribution is 2.23. The van der Waals surface area contributed by atoms with E-state index in [1.54, 1.807) is 67.8 Å². The van der Waals surface area contributed by atoms with Crippen LogP contribution in [0.4, 0.5) is 0 Å². The van der Waals surface area contributed by atoms with E-state index in [4.69, 9.17) is 0 Å². The van der Waals surface area contributed by atoms with Gasteiger partial charge in [-0.25, -0.2) is 19.9 Å². The van der Waals surface area contributed by atoms with E-state index in [0.717, 1.165) is 0 Å². The summed E-state index contributed by atoms with van der Waals surface area (Å²) in [5.74, 6) is 0.480. The van der Waals surface area contributed by atoms with Gasteiger partial charge in [-0.1, -0.05) is 0 Å². The van der Waals surface area contributed by atoms with Crippen molar-refractivity contribution in [3.05, 3.63) is 92.3 Å². The van der Waals surface area contributed by atoms with Crippen molar-refractivity contribution in [3.63, 3.8) is 0 Å². The molecule has 0 aliphatic heterocycles. The maximum absolute atomic E-state index is 4.15. The van der Waals surface area contributed by atoms with Gasteiger partial charge >= 0.3 is 0 Å². The van der Waals surface area contributed by atoms with Gasteiger partial charge in [-0.05, 0) is 41.6 Å². The van der Waals surface area contributed by atoms with Crippen LogP contribution in [0, 0.1) is 0 Å². The Labute approximate surface area is 171 Å². The van der Waals surface area contributed by atoms with Crippen LogP contribution in [0.1, 0.15) is 0 Å². The van der Waals surface area contributed by atoms with Gasteiger partial charge in [0.25, 0.3) is 0 Å². The fourth-order valence-electron chi connectivity index (χ4n) is 1.99. The monoisotopic (exact) mass is 397 g/mol. The Bertz CT molecular complexity index is 939. The van der Waals surface area contributed by atoms with Crippen molar-refractivity contribution in [3.8, 4) is 22.8 Å². The lowest BCUT2D eigenvalue weighted by Crippen LogP contribution is -1.99. The molecule has 0 radical (unpaired) electrons. The largest absolute Gasteiger partial charge is 0.245 e. The zero-order valence-corrected chi connectivity index (χ0v) is 15.6. The summed E-state index contributed by atoms with van der Waals surface area (Å²) in [6.07, 6.45) is 14.6. The summed E-state index contributed by atoms with van der Waals surface area (Å²) < 4.78 is 0. The van der Waals surface area contributed by atoms with E-state index in [0.29, 0.717) is 22.8 Å². The highest BCUT2D eigenvalue weighted by molar-refractivity contribution is 5.73. The quantitative estimate of drug-likeness (QED) is 0.430. The Balaban J connectivity index is 0.000000173. The molecule has 0 aliphatic rings. The number of nitrogens with zero attached hydrogens (tertiary/aromatic N) is 11. The Hall–Kier alpha value is -4.67. The fraction of sp³-hybridized carbons (Fsp3) is 0. The fourth-order valence-corrected chi connectivity index (χ4v) is 1.99. The van der Waals surface area contributed by atoms with Crippen molar-refractivity contribution < 1.29 is 0 Å². The third kappa shape index (κ3) is 6.49. The van der Waals surface area contributed by atoms with Gasteiger partial charge in [0.1, 0.15) is 12.0 Å². The zero-order valence-electron chi connectivity index (χ0n) is 15.6. The van der Waals surface area contributed by atoms with Gasteiger partial charge in [-0.3, -0.25) is 0 Å². The van der Waals surface area contributed by atoms with Crippen LogP contribution in [0.25, 0.3) is 22.8 Å². The molecule has 5 heterocycles. The predicted octanol–water partition coefficient (Wildman–Crippen LogP) is 1.74. The van der Waals surface area contributed by atoms with Crippen molar-refractivity contribution >= 4 is 0 Å². The summed E-state index contributed by atoms with van der Waals surface area (Å²) in [6.45, 7) is 0. The van der Waals surface area contributed by atoms with Crippen molar-refractivity contribution in [2.24, 2.45) is 0 Å². The Morgan fingerprint density at radius 1 is 0.567 bits per heavy atom. The normalized spacial score (nSPS) is 9.33. The molecule has 5 rings (SSSR count). The molecule has 0 aromatic carbocycles. The van der Waals surface area contributed by atoms with Gasteiger partial charge < -0.3 is 0 Å². The first kappa shape index (κ1) is 20.1. The molecule has 0 bridgehead atoms. The standard InChI is InChI=1S/C11H7N7.2C4H4N2/c1-3-9(16-14-6-1)8-7-15-18-17-10(8)11-12-4-2-5-13-11;1-2-5-4-6-3-1;1-2-4-6-5-3-1/h1-7H;2*1-4H. The van der Waals surface area contributed by atoms with Crippen LogP contribution in [0.2, 0.25) is 0 Å². The van der Waals surface area contributed by atoms with Crippen LogP contribution in [0.5, 0.6) is 0 Å². The van der Waals surface area contributed by atoms with Gasteiger partial charge in [-0.15, -0.1) is 10.2 Å². The maximum atomic E-state index is 4.15. The van der Waals surface area contributed by atoms with E-state index in [9.17, 15) is 0 Å². The first-order valence-electron chi connectivity index (χ1n) is 8.60. The second-order valence-corrected chi connectivity index (χ2v) is 5.20. The van der Waals surface area contributed by atoms with E-state index in [1.807, 2.05) is 18.2 Å². The maximum Gasteiger partial charge on any atom is 0.180 e. The Morgan fingerprint density at radius 3 is 1.80 bits per heavy atom. The minimum absolute atomic E-state index is 0.480. The molecule has 0 spiro atoms. The number of aromatic nitrogens is 11. The lowest BCUT2D eigenvalue weighted by atomic mass is 10.1. The smallest absolute Gasteiger partial charge is 0.180 e. The Morgan fingerprint density at radius 2 is 1.27 bits per heavy atom. The molecule has 30 heavy (non-hydrogen) atoms. The summed E-state index contributed by atoms with van der Waals surface area (Å²) in [6, 6.07) is 10.8. The van der Waals surface area contributed by atoms with Crippen LogP contribution >= 0.6 is 0 Å². The molecule has 0 fully saturated rings. The molecular weight excluding hydrogens is 382 g/mol. The summed E-state index contributed by atoms with van der Waals surface area (Å²) in [5.41, 5.74) is 1.89. The Kier molecular flexibility index (Phi) is 7.98. The van der Waals surface area contributed by atoms with Gasteiger partial charge in [0.15, 0.2) is 5.82 Å². The van der Waals surface area contributed by atoms with Crippen LogP contribution < -0.4 is 0 Å². The molecule has 0 N–H and O–H groups in total. The highest BCUT2D eigenvalue weighted by Gasteiger charge is 2.13. The van der Waals surface area contributed by atoms with E-state index < -0.39 is 0 Å². The summed E-state index contributed by atoms with van der Waals surface area (Å²) in [4.78, 5) is 15.6. The number of rotatable bonds is 2. The molecule has 0 unspecified atom stereocenters. The molecular formula is C19H15N11. The summed E-state index contributed by atoms with van der Waals surface area (Å²) in [7, 11) is 0. The van der Waals surface area contributed by atoms with E-state index in [-0.39, 0.29) is 0 Å². The average molecular weight is 397 g/mol. The molecule has 0 saturated carbocycles. The molecule has 0 amide bonds. The van der Waals surface area contributed by atoms with Crippen LogP contribution in [-0.4, -0.2) is 55.7 Å². The minimum atomic E-state index is 0.480. The van der Waals surface area contributed by atoms with Crippen LogP contribution in [0.3, 0.4) is 0 Å². The van der Waals surface area contributed by atoms with E-state index in [2.05, 4.69) is 55.7 Å².